The molecule has 1 atom stereocenters. The first-order valence-electron chi connectivity index (χ1n) is 5.15. The van der Waals surface area contributed by atoms with Gasteiger partial charge in [-0.2, -0.15) is 0 Å². The highest BCUT2D eigenvalue weighted by Crippen LogP contribution is 2.28. The Kier molecular flexibility index (Phi) is 4.32. The van der Waals surface area contributed by atoms with E-state index in [1.54, 1.807) is 0 Å². The zero-order valence-electron chi connectivity index (χ0n) is 8.58. The topological polar surface area (TPSA) is 55.1 Å². The lowest BCUT2D eigenvalue weighted by Crippen LogP contribution is -2.35. The summed E-state index contributed by atoms with van der Waals surface area (Å²) in [7, 11) is 0. The van der Waals surface area contributed by atoms with E-state index in [2.05, 4.69) is 5.32 Å². The van der Waals surface area contributed by atoms with Gasteiger partial charge in [0.05, 0.1) is 4.99 Å². The molecule has 0 spiro atoms. The third-order valence-corrected chi connectivity index (χ3v) is 3.19. The summed E-state index contributed by atoms with van der Waals surface area (Å²) in [4.78, 5) is 11.8. The molecule has 0 heterocycles. The van der Waals surface area contributed by atoms with E-state index in [0.29, 0.717) is 23.9 Å². The van der Waals surface area contributed by atoms with Crippen LogP contribution >= 0.6 is 12.2 Å². The number of thiocarbonyl (C=S) groups is 1. The summed E-state index contributed by atoms with van der Waals surface area (Å²) in [5.41, 5.74) is 5.44. The van der Waals surface area contributed by atoms with Gasteiger partial charge in [-0.05, 0) is 18.8 Å². The van der Waals surface area contributed by atoms with Crippen molar-refractivity contribution in [2.24, 2.45) is 17.6 Å². The monoisotopic (exact) mass is 214 g/mol. The number of carbonyl (C=O) groups is 1. The number of hydrogen-bond donors (Lipinski definition) is 2. The lowest BCUT2D eigenvalue weighted by atomic mass is 9.83. The number of nitrogens with one attached hydrogen (secondary N) is 1. The summed E-state index contributed by atoms with van der Waals surface area (Å²) >= 11 is 4.82. The second-order valence-electron chi connectivity index (χ2n) is 4.11. The molecule has 0 saturated heterocycles. The highest BCUT2D eigenvalue weighted by molar-refractivity contribution is 7.80. The Morgan fingerprint density at radius 2 is 2.29 bits per heavy atom. The Labute approximate surface area is 90.4 Å². The minimum atomic E-state index is 0.0929. The van der Waals surface area contributed by atoms with Crippen molar-refractivity contribution in [3.8, 4) is 0 Å². The van der Waals surface area contributed by atoms with Crippen molar-refractivity contribution in [3.05, 3.63) is 0 Å². The molecule has 1 rings (SSSR count). The summed E-state index contributed by atoms with van der Waals surface area (Å²) in [6, 6.07) is 0. The highest BCUT2D eigenvalue weighted by atomic mass is 32.1. The Bertz CT molecular complexity index is 226. The molecule has 1 unspecified atom stereocenters. The molecule has 80 valence electrons. The van der Waals surface area contributed by atoms with Crippen LogP contribution < -0.4 is 11.1 Å². The van der Waals surface area contributed by atoms with Crippen LogP contribution in [0.3, 0.4) is 0 Å². The summed E-state index contributed by atoms with van der Waals surface area (Å²) in [6.45, 7) is 2.49. The molecule has 0 aromatic carbocycles. The van der Waals surface area contributed by atoms with Crippen LogP contribution in [-0.4, -0.2) is 17.4 Å². The van der Waals surface area contributed by atoms with Crippen molar-refractivity contribution in [1.29, 1.82) is 0 Å². The van der Waals surface area contributed by atoms with Gasteiger partial charge in [0, 0.05) is 18.9 Å². The van der Waals surface area contributed by atoms with E-state index in [9.17, 15) is 4.79 Å². The van der Waals surface area contributed by atoms with E-state index in [1.807, 2.05) is 6.92 Å². The van der Waals surface area contributed by atoms with Crippen LogP contribution in [0.5, 0.6) is 0 Å². The van der Waals surface area contributed by atoms with Gasteiger partial charge in [-0.25, -0.2) is 0 Å². The zero-order valence-corrected chi connectivity index (χ0v) is 9.40. The van der Waals surface area contributed by atoms with Gasteiger partial charge in [-0.3, -0.25) is 4.79 Å². The predicted octanol–water partition coefficient (Wildman–Crippen LogP) is 1.22. The number of hydrogen-bond acceptors (Lipinski definition) is 2. The van der Waals surface area contributed by atoms with Gasteiger partial charge in [-0.15, -0.1) is 0 Å². The fraction of sp³-hybridized carbons (Fsp3) is 0.800. The Balaban J connectivity index is 2.10. The molecule has 0 radical (unpaired) electrons. The molecule has 0 aromatic rings. The van der Waals surface area contributed by atoms with Gasteiger partial charge < -0.3 is 11.1 Å². The third-order valence-electron chi connectivity index (χ3n) is 2.79. The first kappa shape index (κ1) is 11.4. The number of carbonyl (C=O) groups excluding carboxylic acids is 1. The molecule has 4 heteroatoms. The standard InChI is InChI=1S/C10H18N2OS/c1-7(10(11)14)6-12-9(13)5-8-3-2-4-8/h7-8H,2-6H2,1H3,(H2,11,14)(H,12,13). The van der Waals surface area contributed by atoms with E-state index < -0.39 is 0 Å². The average molecular weight is 214 g/mol. The van der Waals surface area contributed by atoms with Crippen molar-refractivity contribution in [2.75, 3.05) is 6.54 Å². The maximum absolute atomic E-state index is 11.4. The molecule has 0 aromatic heterocycles. The smallest absolute Gasteiger partial charge is 0.220 e. The summed E-state index contributed by atoms with van der Waals surface area (Å²) in [6.07, 6.45) is 4.36. The normalized spacial score (nSPS) is 18.4. The molecule has 1 aliphatic carbocycles. The highest BCUT2D eigenvalue weighted by Gasteiger charge is 2.20. The fourth-order valence-electron chi connectivity index (χ4n) is 1.40. The predicted molar refractivity (Wildman–Crippen MR) is 60.9 cm³/mol. The minimum Gasteiger partial charge on any atom is -0.393 e. The SMILES string of the molecule is CC(CNC(=O)CC1CCC1)C(N)=S. The lowest BCUT2D eigenvalue weighted by Gasteiger charge is -2.24. The molecule has 1 aliphatic rings. The second-order valence-corrected chi connectivity index (χ2v) is 4.58. The van der Waals surface area contributed by atoms with Crippen LogP contribution in [0, 0.1) is 11.8 Å². The second kappa shape index (κ2) is 5.29. The van der Waals surface area contributed by atoms with Crippen molar-refractivity contribution >= 4 is 23.1 Å². The molecule has 0 bridgehead atoms. The molecular weight excluding hydrogens is 196 g/mol. The first-order chi connectivity index (χ1) is 6.59. The van der Waals surface area contributed by atoms with E-state index >= 15 is 0 Å². The van der Waals surface area contributed by atoms with Crippen LogP contribution in [-0.2, 0) is 4.79 Å². The van der Waals surface area contributed by atoms with Gasteiger partial charge in [0.1, 0.15) is 0 Å². The molecule has 3 N–H and O–H groups in total. The van der Waals surface area contributed by atoms with Crippen LogP contribution in [0.2, 0.25) is 0 Å². The molecule has 1 amide bonds. The molecular formula is C10H18N2OS. The molecule has 1 fully saturated rings. The Morgan fingerprint density at radius 3 is 2.71 bits per heavy atom. The summed E-state index contributed by atoms with van der Waals surface area (Å²) in [5.74, 6) is 0.850. The molecule has 1 saturated carbocycles. The maximum Gasteiger partial charge on any atom is 0.220 e. The molecule has 14 heavy (non-hydrogen) atoms. The maximum atomic E-state index is 11.4. The third kappa shape index (κ3) is 3.62. The van der Waals surface area contributed by atoms with Gasteiger partial charge in [-0.1, -0.05) is 25.6 Å². The van der Waals surface area contributed by atoms with Crippen LogP contribution in [0.4, 0.5) is 0 Å². The minimum absolute atomic E-state index is 0.0929. The average Bonchev–Trinajstić information content (AvgIpc) is 2.07. The lowest BCUT2D eigenvalue weighted by molar-refractivity contribution is -0.122. The zero-order chi connectivity index (χ0) is 10.6. The molecule has 3 nitrogen and oxygen atoms in total. The van der Waals surface area contributed by atoms with Crippen LogP contribution in [0.1, 0.15) is 32.6 Å². The van der Waals surface area contributed by atoms with Gasteiger partial charge >= 0.3 is 0 Å². The van der Waals surface area contributed by atoms with Gasteiger partial charge in [0.15, 0.2) is 0 Å². The van der Waals surface area contributed by atoms with E-state index in [-0.39, 0.29) is 11.8 Å². The molecule has 0 aliphatic heterocycles. The van der Waals surface area contributed by atoms with E-state index in [1.165, 1.54) is 19.3 Å². The van der Waals surface area contributed by atoms with E-state index in [0.717, 1.165) is 0 Å². The summed E-state index contributed by atoms with van der Waals surface area (Å²) < 4.78 is 0. The number of rotatable bonds is 5. The quantitative estimate of drug-likeness (QED) is 0.676. The Hall–Kier alpha value is -0.640. The summed E-state index contributed by atoms with van der Waals surface area (Å²) in [5, 5.41) is 2.86. The number of nitrogens with two attached hydrogens (primary N) is 1. The Morgan fingerprint density at radius 1 is 1.64 bits per heavy atom. The van der Waals surface area contributed by atoms with E-state index in [4.69, 9.17) is 18.0 Å². The van der Waals surface area contributed by atoms with Crippen molar-refractivity contribution in [1.82, 2.24) is 5.32 Å². The van der Waals surface area contributed by atoms with Gasteiger partial charge in [0.25, 0.3) is 0 Å². The van der Waals surface area contributed by atoms with Crippen LogP contribution in [0.25, 0.3) is 0 Å². The fourth-order valence-corrected chi connectivity index (χ4v) is 1.48. The van der Waals surface area contributed by atoms with Crippen molar-refractivity contribution < 1.29 is 4.79 Å². The van der Waals surface area contributed by atoms with Crippen molar-refractivity contribution in [3.63, 3.8) is 0 Å². The van der Waals surface area contributed by atoms with Gasteiger partial charge in [0.2, 0.25) is 5.91 Å². The largest absolute Gasteiger partial charge is 0.393 e. The first-order valence-corrected chi connectivity index (χ1v) is 5.56. The number of amides is 1. The van der Waals surface area contributed by atoms with Crippen LogP contribution in [0.15, 0.2) is 0 Å². The van der Waals surface area contributed by atoms with Crippen molar-refractivity contribution in [2.45, 2.75) is 32.6 Å².